The molecule has 0 heterocycles. The molecular weight excluding hydrogens is 556 g/mol. The predicted octanol–water partition coefficient (Wildman–Crippen LogP) is 5.27. The Balaban J connectivity index is 2.38. The summed E-state index contributed by atoms with van der Waals surface area (Å²) in [5.74, 6) is -2.26. The van der Waals surface area contributed by atoms with Crippen molar-refractivity contribution in [2.75, 3.05) is 14.2 Å². The van der Waals surface area contributed by atoms with Gasteiger partial charge in [-0.25, -0.2) is 9.18 Å². The highest BCUT2D eigenvalue weighted by Crippen LogP contribution is 2.34. The monoisotopic (exact) mass is 578 g/mol. The van der Waals surface area contributed by atoms with Crippen molar-refractivity contribution in [2.24, 2.45) is 10.3 Å². The maximum absolute atomic E-state index is 14.5. The molecule has 0 radical (unpaired) electrons. The Hall–Kier alpha value is -2.83. The molecule has 33 heavy (non-hydrogen) atoms. The van der Waals surface area contributed by atoms with E-state index in [4.69, 9.17) is 14.4 Å². The van der Waals surface area contributed by atoms with Crippen molar-refractivity contribution in [1.82, 2.24) is 0 Å². The highest BCUT2D eigenvalue weighted by molar-refractivity contribution is 14.1. The topological polar surface area (TPSA) is 78.7 Å². The van der Waals surface area contributed by atoms with Crippen LogP contribution in [-0.2, 0) is 25.8 Å². The Bertz CT molecular complexity index is 1080. The van der Waals surface area contributed by atoms with Gasteiger partial charge in [-0.15, -0.1) is 0 Å². The Labute approximate surface area is 202 Å². The minimum absolute atomic E-state index is 0.00985. The van der Waals surface area contributed by atoms with Crippen LogP contribution in [0.1, 0.15) is 34.7 Å². The zero-order chi connectivity index (χ0) is 24.8. The number of methoxy groups -OCH3 is 1. The quantitative estimate of drug-likeness (QED) is 0.133. The van der Waals surface area contributed by atoms with Crippen molar-refractivity contribution in [2.45, 2.75) is 31.5 Å². The molecule has 0 saturated heterocycles. The van der Waals surface area contributed by atoms with E-state index in [2.05, 4.69) is 15.0 Å². The number of hydrogen-bond acceptors (Lipinski definition) is 7. The number of aryl methyl sites for hydroxylation is 2. The normalized spacial score (nSPS) is 12.4. The van der Waals surface area contributed by atoms with Crippen LogP contribution in [0.5, 0.6) is 5.75 Å². The summed E-state index contributed by atoms with van der Waals surface area (Å²) in [6.07, 6.45) is 0. The van der Waals surface area contributed by atoms with Gasteiger partial charge in [0.05, 0.1) is 35.4 Å². The van der Waals surface area contributed by atoms with Gasteiger partial charge in [0.25, 0.3) is 0 Å². The van der Waals surface area contributed by atoms with E-state index in [1.54, 1.807) is 25.1 Å². The second kappa shape index (κ2) is 11.3. The number of carbonyl (C=O) groups is 1. The molecule has 178 valence electrons. The number of nitrogens with zero attached hydrogens (tertiary/aromatic N) is 2. The molecule has 0 bridgehead atoms. The Kier molecular flexibility index (Phi) is 9.08. The molecule has 7 nitrogen and oxygen atoms in total. The van der Waals surface area contributed by atoms with E-state index in [1.807, 2.05) is 0 Å². The Morgan fingerprint density at radius 2 is 1.76 bits per heavy atom. The zero-order valence-corrected chi connectivity index (χ0v) is 20.7. The molecule has 0 fully saturated rings. The van der Waals surface area contributed by atoms with E-state index < -0.39 is 21.7 Å². The lowest BCUT2D eigenvalue weighted by Gasteiger charge is -2.17. The maximum Gasteiger partial charge on any atom is 0.451 e. The SMILES string of the molecule is CO/N=C(/C(=O)OC)c1cccc(C)c1CO/N=C(\C)c1ccc(C)c(F)c1OC(F)(F)I. The van der Waals surface area contributed by atoms with Gasteiger partial charge in [0.15, 0.2) is 17.3 Å². The Morgan fingerprint density at radius 1 is 1.06 bits per heavy atom. The number of halogens is 4. The minimum Gasteiger partial charge on any atom is -0.464 e. The lowest BCUT2D eigenvalue weighted by Crippen LogP contribution is -2.20. The molecule has 2 aromatic rings. The van der Waals surface area contributed by atoms with Crippen molar-refractivity contribution < 1.29 is 37.1 Å². The first-order valence-corrected chi connectivity index (χ1v) is 10.6. The fraction of sp³-hybridized carbons (Fsp3) is 0.318. The third-order valence-corrected chi connectivity index (χ3v) is 4.76. The van der Waals surface area contributed by atoms with Gasteiger partial charge in [-0.2, -0.15) is 8.78 Å². The van der Waals surface area contributed by atoms with Gasteiger partial charge in [-0.3, -0.25) is 0 Å². The standard InChI is InChI=1S/C22H22F3IN2O5/c1-12-7-6-8-16(19(28-31-5)21(29)30-4)17(12)11-32-27-14(3)15-10-9-13(2)18(23)20(15)33-22(24,25)26/h6-10H,11H2,1-5H3/b27-14+,28-19+. The summed E-state index contributed by atoms with van der Waals surface area (Å²) >= 11 is 0.761. The van der Waals surface area contributed by atoms with Gasteiger partial charge in [-0.05, 0) is 38.0 Å². The predicted molar refractivity (Wildman–Crippen MR) is 124 cm³/mol. The zero-order valence-electron chi connectivity index (χ0n) is 18.5. The van der Waals surface area contributed by atoms with Gasteiger partial charge in [0, 0.05) is 16.7 Å². The van der Waals surface area contributed by atoms with Gasteiger partial charge in [-0.1, -0.05) is 34.6 Å². The summed E-state index contributed by atoms with van der Waals surface area (Å²) in [5, 5.41) is 7.68. The van der Waals surface area contributed by atoms with E-state index in [9.17, 15) is 18.0 Å². The van der Waals surface area contributed by atoms with Crippen molar-refractivity contribution in [3.05, 3.63) is 64.0 Å². The van der Waals surface area contributed by atoms with Gasteiger partial charge in [0.1, 0.15) is 13.7 Å². The molecule has 0 saturated carbocycles. The summed E-state index contributed by atoms with van der Waals surface area (Å²) in [7, 11) is 2.51. The molecule has 0 aromatic heterocycles. The number of alkyl halides is 3. The average Bonchev–Trinajstić information content (AvgIpc) is 2.75. The first-order valence-electron chi connectivity index (χ1n) is 9.50. The minimum atomic E-state index is -3.62. The largest absolute Gasteiger partial charge is 0.464 e. The van der Waals surface area contributed by atoms with E-state index in [0.29, 0.717) is 11.1 Å². The average molecular weight is 578 g/mol. The summed E-state index contributed by atoms with van der Waals surface area (Å²) in [5.41, 5.74) is 1.94. The fourth-order valence-electron chi connectivity index (χ4n) is 2.90. The lowest BCUT2D eigenvalue weighted by molar-refractivity contribution is -0.132. The molecule has 0 unspecified atom stereocenters. The van der Waals surface area contributed by atoms with Crippen LogP contribution in [0, 0.1) is 19.7 Å². The number of benzene rings is 2. The van der Waals surface area contributed by atoms with Crippen molar-refractivity contribution in [3.8, 4) is 5.75 Å². The number of oxime groups is 2. The molecule has 0 N–H and O–H groups in total. The third kappa shape index (κ3) is 6.83. The first kappa shape index (κ1) is 26.4. The summed E-state index contributed by atoms with van der Waals surface area (Å²) < 4.78 is 47.0. The van der Waals surface area contributed by atoms with Crippen molar-refractivity contribution in [3.63, 3.8) is 0 Å². The molecule has 0 amide bonds. The van der Waals surface area contributed by atoms with Crippen LogP contribution in [0.3, 0.4) is 0 Å². The van der Waals surface area contributed by atoms with E-state index in [1.165, 1.54) is 40.2 Å². The molecule has 0 aliphatic rings. The molecular formula is C22H22F3IN2O5. The molecule has 0 spiro atoms. The van der Waals surface area contributed by atoms with Crippen LogP contribution >= 0.6 is 22.6 Å². The highest BCUT2D eigenvalue weighted by Gasteiger charge is 2.30. The molecule has 2 rings (SSSR count). The van der Waals surface area contributed by atoms with Gasteiger partial charge in [0.2, 0.25) is 0 Å². The van der Waals surface area contributed by atoms with E-state index in [-0.39, 0.29) is 29.2 Å². The summed E-state index contributed by atoms with van der Waals surface area (Å²) in [6.45, 7) is 4.59. The van der Waals surface area contributed by atoms with Crippen LogP contribution in [0.25, 0.3) is 0 Å². The van der Waals surface area contributed by atoms with Crippen LogP contribution in [0.4, 0.5) is 13.2 Å². The van der Waals surface area contributed by atoms with Crippen LogP contribution in [0.2, 0.25) is 0 Å². The summed E-state index contributed by atoms with van der Waals surface area (Å²) in [4.78, 5) is 22.3. The smallest absolute Gasteiger partial charge is 0.451 e. The molecule has 0 aliphatic carbocycles. The van der Waals surface area contributed by atoms with Crippen LogP contribution in [0.15, 0.2) is 40.6 Å². The van der Waals surface area contributed by atoms with Gasteiger partial charge < -0.3 is 19.1 Å². The van der Waals surface area contributed by atoms with Crippen molar-refractivity contribution >= 4 is 40.0 Å². The van der Waals surface area contributed by atoms with Crippen LogP contribution < -0.4 is 4.74 Å². The number of carbonyl (C=O) groups excluding carboxylic acids is 1. The fourth-order valence-corrected chi connectivity index (χ4v) is 3.12. The second-order valence-corrected chi connectivity index (χ2v) is 8.04. The van der Waals surface area contributed by atoms with E-state index >= 15 is 0 Å². The number of ether oxygens (including phenoxy) is 2. The van der Waals surface area contributed by atoms with Crippen molar-refractivity contribution in [1.29, 1.82) is 0 Å². The number of rotatable bonds is 9. The first-order chi connectivity index (χ1) is 15.5. The second-order valence-electron chi connectivity index (χ2n) is 6.79. The van der Waals surface area contributed by atoms with E-state index in [0.717, 1.165) is 28.2 Å². The lowest BCUT2D eigenvalue weighted by atomic mass is 9.99. The molecule has 0 aliphatic heterocycles. The molecule has 2 aromatic carbocycles. The Morgan fingerprint density at radius 3 is 2.36 bits per heavy atom. The number of esters is 1. The highest BCUT2D eigenvalue weighted by atomic mass is 127. The third-order valence-electron chi connectivity index (χ3n) is 4.53. The molecule has 0 atom stereocenters. The van der Waals surface area contributed by atoms with Crippen LogP contribution in [-0.4, -0.2) is 35.7 Å². The molecule has 11 heteroatoms. The summed E-state index contributed by atoms with van der Waals surface area (Å²) in [6, 6.07) is 7.99. The maximum atomic E-state index is 14.5. The van der Waals surface area contributed by atoms with Gasteiger partial charge >= 0.3 is 10.1 Å². The number of hydrogen-bond donors (Lipinski definition) is 0.